The van der Waals surface area contributed by atoms with Gasteiger partial charge in [-0.15, -0.1) is 0 Å². The molecule has 0 fully saturated rings. The second kappa shape index (κ2) is 6.99. The van der Waals surface area contributed by atoms with Crippen LogP contribution >= 0.6 is 11.6 Å². The highest BCUT2D eigenvalue weighted by atomic mass is 35.5. The number of aromatic amines is 1. The first kappa shape index (κ1) is 15.3. The number of nitrogens with one attached hydrogen (secondary N) is 2. The molecule has 0 saturated heterocycles. The molecular weight excluding hydrogens is 266 g/mol. The van der Waals surface area contributed by atoms with Gasteiger partial charge in [0.25, 0.3) is 0 Å². The average Bonchev–Trinajstić information content (AvgIpc) is 2.92. The van der Waals surface area contributed by atoms with Gasteiger partial charge in [0.05, 0.1) is 18.0 Å². The Balaban J connectivity index is 0.000000861. The fourth-order valence-corrected chi connectivity index (χ4v) is 1.80. The zero-order valence-corrected chi connectivity index (χ0v) is 12.2. The summed E-state index contributed by atoms with van der Waals surface area (Å²) in [5.74, 6) is 0.367. The third-order valence-electron chi connectivity index (χ3n) is 2.43. The van der Waals surface area contributed by atoms with Crippen molar-refractivity contribution >= 4 is 23.4 Å². The number of rotatable bonds is 2. The van der Waals surface area contributed by atoms with Gasteiger partial charge in [0, 0.05) is 18.0 Å². The first-order valence-electron chi connectivity index (χ1n) is 6.05. The van der Waals surface area contributed by atoms with E-state index in [1.165, 1.54) is 7.11 Å². The summed E-state index contributed by atoms with van der Waals surface area (Å²) in [6.45, 7) is 5.85. The smallest absolute Gasteiger partial charge is 0.354 e. The quantitative estimate of drug-likeness (QED) is 0.820. The van der Waals surface area contributed by atoms with Crippen molar-refractivity contribution in [3.05, 3.63) is 34.8 Å². The van der Waals surface area contributed by atoms with Crippen LogP contribution in [0.1, 0.15) is 42.9 Å². The maximum atomic E-state index is 11.3. The van der Waals surface area contributed by atoms with Gasteiger partial charge in [0.1, 0.15) is 11.7 Å². The minimum Gasteiger partial charge on any atom is -0.464 e. The second-order valence-corrected chi connectivity index (χ2v) is 4.07. The molecule has 1 aliphatic rings. The van der Waals surface area contributed by atoms with Crippen molar-refractivity contribution in [2.45, 2.75) is 26.8 Å². The monoisotopic (exact) mass is 283 g/mol. The maximum Gasteiger partial charge on any atom is 0.354 e. The molecular formula is C13H18ClN3O2. The lowest BCUT2D eigenvalue weighted by Gasteiger charge is -2.16. The molecule has 2 heterocycles. The Morgan fingerprint density at radius 3 is 2.79 bits per heavy atom. The van der Waals surface area contributed by atoms with Crippen LogP contribution in [-0.2, 0) is 4.74 Å². The predicted octanol–water partition coefficient (Wildman–Crippen LogP) is 2.97. The number of carbonyl (C=O) groups excluding carboxylic acids is 1. The van der Waals surface area contributed by atoms with Crippen LogP contribution in [0.25, 0.3) is 0 Å². The van der Waals surface area contributed by atoms with Crippen molar-refractivity contribution in [3.63, 3.8) is 0 Å². The van der Waals surface area contributed by atoms with E-state index in [2.05, 4.69) is 20.0 Å². The number of hydrogen-bond donors (Lipinski definition) is 2. The largest absolute Gasteiger partial charge is 0.464 e. The Labute approximate surface area is 117 Å². The van der Waals surface area contributed by atoms with Crippen LogP contribution in [0.3, 0.4) is 0 Å². The number of aromatic nitrogens is 1. The molecule has 2 rings (SSSR count). The van der Waals surface area contributed by atoms with E-state index in [1.54, 1.807) is 18.5 Å². The van der Waals surface area contributed by atoms with E-state index >= 15 is 0 Å². The first-order valence-corrected chi connectivity index (χ1v) is 6.42. The molecule has 1 aromatic rings. The van der Waals surface area contributed by atoms with Gasteiger partial charge in [-0.2, -0.15) is 0 Å². The SMILES string of the molecule is CC.COC(=O)c1cc(C2N=C(C)NC=C2Cl)c[nH]1. The van der Waals surface area contributed by atoms with E-state index in [1.807, 2.05) is 20.8 Å². The van der Waals surface area contributed by atoms with Gasteiger partial charge in [-0.05, 0) is 13.0 Å². The summed E-state index contributed by atoms with van der Waals surface area (Å²) in [5, 5.41) is 3.50. The highest BCUT2D eigenvalue weighted by Gasteiger charge is 2.20. The van der Waals surface area contributed by atoms with E-state index in [4.69, 9.17) is 11.6 Å². The van der Waals surface area contributed by atoms with E-state index in [-0.39, 0.29) is 6.04 Å². The number of halogens is 1. The molecule has 104 valence electrons. The van der Waals surface area contributed by atoms with Crippen molar-refractivity contribution in [1.82, 2.24) is 10.3 Å². The Morgan fingerprint density at radius 2 is 2.16 bits per heavy atom. The highest BCUT2D eigenvalue weighted by molar-refractivity contribution is 6.30. The Hall–Kier alpha value is -1.75. The molecule has 6 heteroatoms. The number of nitrogens with zero attached hydrogens (tertiary/aromatic N) is 1. The third-order valence-corrected chi connectivity index (χ3v) is 2.75. The lowest BCUT2D eigenvalue weighted by atomic mass is 10.1. The summed E-state index contributed by atoms with van der Waals surface area (Å²) in [7, 11) is 1.34. The Bertz CT molecular complexity index is 506. The van der Waals surface area contributed by atoms with E-state index in [9.17, 15) is 4.79 Å². The number of amidine groups is 1. The fourth-order valence-electron chi connectivity index (χ4n) is 1.58. The predicted molar refractivity (Wildman–Crippen MR) is 76.4 cm³/mol. The minimum atomic E-state index is -0.411. The number of methoxy groups -OCH3 is 1. The summed E-state index contributed by atoms with van der Waals surface area (Å²) in [6.07, 6.45) is 3.40. The molecule has 0 radical (unpaired) electrons. The topological polar surface area (TPSA) is 66.5 Å². The van der Waals surface area contributed by atoms with Crippen LogP contribution in [0, 0.1) is 0 Å². The molecule has 0 bridgehead atoms. The van der Waals surface area contributed by atoms with Gasteiger partial charge in [0.2, 0.25) is 0 Å². The van der Waals surface area contributed by atoms with E-state index in [0.29, 0.717) is 10.7 Å². The summed E-state index contributed by atoms with van der Waals surface area (Å²) < 4.78 is 4.62. The number of ether oxygens (including phenoxy) is 1. The van der Waals surface area contributed by atoms with Gasteiger partial charge < -0.3 is 15.0 Å². The highest BCUT2D eigenvalue weighted by Crippen LogP contribution is 2.30. The number of hydrogen-bond acceptors (Lipinski definition) is 4. The van der Waals surface area contributed by atoms with E-state index < -0.39 is 5.97 Å². The van der Waals surface area contributed by atoms with Gasteiger partial charge in [0.15, 0.2) is 0 Å². The van der Waals surface area contributed by atoms with Crippen LogP contribution in [0.4, 0.5) is 0 Å². The molecule has 5 nitrogen and oxygen atoms in total. The molecule has 1 atom stereocenters. The minimum absolute atomic E-state index is 0.271. The molecule has 0 aliphatic carbocycles. The number of H-pyrrole nitrogens is 1. The first-order chi connectivity index (χ1) is 9.11. The Kier molecular flexibility index (Phi) is 5.63. The molecule has 0 amide bonds. The summed E-state index contributed by atoms with van der Waals surface area (Å²) >= 11 is 6.07. The van der Waals surface area contributed by atoms with Gasteiger partial charge in [-0.25, -0.2) is 4.79 Å². The molecule has 1 aliphatic heterocycles. The number of esters is 1. The molecule has 0 aromatic carbocycles. The van der Waals surface area contributed by atoms with Gasteiger partial charge in [-0.3, -0.25) is 4.99 Å². The molecule has 0 spiro atoms. The lowest BCUT2D eigenvalue weighted by Crippen LogP contribution is -2.20. The van der Waals surface area contributed by atoms with Crippen LogP contribution in [-0.4, -0.2) is 23.9 Å². The van der Waals surface area contributed by atoms with E-state index in [0.717, 1.165) is 11.4 Å². The maximum absolute atomic E-state index is 11.3. The van der Waals surface area contributed by atoms with Gasteiger partial charge in [-0.1, -0.05) is 25.4 Å². The summed E-state index contributed by atoms with van der Waals surface area (Å²) in [4.78, 5) is 18.5. The molecule has 1 unspecified atom stereocenters. The standard InChI is InChI=1S/C11H12ClN3O2.C2H6/c1-6-13-5-8(12)10(15-6)7-3-9(14-4-7)11(16)17-2;1-2/h3-5,10,14H,1-2H3,(H,13,15);1-2H3. The number of aliphatic imine (C=N–C) groups is 1. The molecule has 19 heavy (non-hydrogen) atoms. The van der Waals surface area contributed by atoms with Crippen LogP contribution in [0.5, 0.6) is 0 Å². The summed E-state index contributed by atoms with van der Waals surface area (Å²) in [6, 6.07) is 1.42. The molecule has 0 saturated carbocycles. The van der Waals surface area contributed by atoms with Gasteiger partial charge >= 0.3 is 5.97 Å². The van der Waals surface area contributed by atoms with Crippen molar-refractivity contribution in [1.29, 1.82) is 0 Å². The van der Waals surface area contributed by atoms with Crippen molar-refractivity contribution in [3.8, 4) is 0 Å². The fraction of sp³-hybridized carbons (Fsp3) is 0.385. The molecule has 1 aromatic heterocycles. The van der Waals surface area contributed by atoms with Crippen LogP contribution < -0.4 is 5.32 Å². The lowest BCUT2D eigenvalue weighted by molar-refractivity contribution is 0.0595. The third kappa shape index (κ3) is 3.61. The number of carbonyl (C=O) groups is 1. The second-order valence-electron chi connectivity index (χ2n) is 3.63. The van der Waals surface area contributed by atoms with Crippen molar-refractivity contribution in [2.75, 3.05) is 7.11 Å². The zero-order chi connectivity index (χ0) is 14.4. The zero-order valence-electron chi connectivity index (χ0n) is 11.5. The Morgan fingerprint density at radius 1 is 1.47 bits per heavy atom. The summed E-state index contributed by atoms with van der Waals surface area (Å²) in [5.41, 5.74) is 1.21. The van der Waals surface area contributed by atoms with Crippen LogP contribution in [0.15, 0.2) is 28.5 Å². The van der Waals surface area contributed by atoms with Crippen molar-refractivity contribution < 1.29 is 9.53 Å². The average molecular weight is 284 g/mol. The normalized spacial score (nSPS) is 17.4. The molecule has 2 N–H and O–H groups in total. The van der Waals surface area contributed by atoms with Crippen molar-refractivity contribution in [2.24, 2.45) is 4.99 Å². The van der Waals surface area contributed by atoms with Crippen LogP contribution in [0.2, 0.25) is 0 Å².